The minimum absolute atomic E-state index is 0.0138. The molecule has 0 amide bonds. The molecule has 0 aliphatic heterocycles. The van der Waals surface area contributed by atoms with Gasteiger partial charge >= 0.3 is 88.2 Å². The standard InChI is InChI=1S/C6H4Br2Ge2/c7-9-5-1-2-6(10-8)4-3-5/h1-4H. The summed E-state index contributed by atoms with van der Waals surface area (Å²) in [4.78, 5) is 0. The zero-order valence-electron chi connectivity index (χ0n) is 5.07. The second kappa shape index (κ2) is 5.01. The fourth-order valence-corrected chi connectivity index (χ4v) is 4.57. The zero-order chi connectivity index (χ0) is 7.40. The number of benzene rings is 1. The van der Waals surface area contributed by atoms with Gasteiger partial charge in [0.15, 0.2) is 0 Å². The first-order chi connectivity index (χ1) is 4.86. The molecule has 1 rings (SSSR count). The third kappa shape index (κ3) is 2.72. The van der Waals surface area contributed by atoms with Gasteiger partial charge in [-0.25, -0.2) is 0 Å². The van der Waals surface area contributed by atoms with Crippen LogP contribution in [0.25, 0.3) is 0 Å². The molecule has 4 radical (unpaired) electrons. The van der Waals surface area contributed by atoms with Gasteiger partial charge in [-0.1, -0.05) is 0 Å². The van der Waals surface area contributed by atoms with Crippen molar-refractivity contribution in [1.82, 2.24) is 0 Å². The van der Waals surface area contributed by atoms with Crippen molar-refractivity contribution in [3.05, 3.63) is 24.3 Å². The summed E-state index contributed by atoms with van der Waals surface area (Å²) in [6.07, 6.45) is 0. The third-order valence-electron chi connectivity index (χ3n) is 1.10. The Morgan fingerprint density at radius 3 is 1.30 bits per heavy atom. The molecule has 0 aliphatic rings. The SMILES string of the molecule is [Br][Ge][c]1cc[c]([Ge][Br])cc1. The van der Waals surface area contributed by atoms with Crippen LogP contribution < -0.4 is 8.79 Å². The summed E-state index contributed by atoms with van der Waals surface area (Å²) in [6, 6.07) is 8.87. The molecule has 0 spiro atoms. The molecule has 0 atom stereocenters. The maximum atomic E-state index is 3.53. The van der Waals surface area contributed by atoms with Gasteiger partial charge in [0.25, 0.3) is 0 Å². The van der Waals surface area contributed by atoms with E-state index in [-0.39, 0.29) is 27.2 Å². The Morgan fingerprint density at radius 2 is 1.10 bits per heavy atom. The Kier molecular flexibility index (Phi) is 4.68. The van der Waals surface area contributed by atoms with Crippen molar-refractivity contribution in [2.45, 2.75) is 0 Å². The van der Waals surface area contributed by atoms with Crippen molar-refractivity contribution in [2.75, 3.05) is 0 Å². The van der Waals surface area contributed by atoms with Crippen molar-refractivity contribution in [3.63, 3.8) is 0 Å². The first kappa shape index (κ1) is 9.35. The normalized spacial score (nSPS) is 9.80. The molecular formula is C6H4Br2Ge2. The first-order valence-electron chi connectivity index (χ1n) is 2.70. The fraction of sp³-hybridized carbons (Fsp3) is 0. The van der Waals surface area contributed by atoms with Crippen LogP contribution in [-0.2, 0) is 0 Å². The molecule has 0 aromatic heterocycles. The summed E-state index contributed by atoms with van der Waals surface area (Å²) >= 11 is 7.03. The van der Waals surface area contributed by atoms with Gasteiger partial charge in [-0.15, -0.1) is 0 Å². The predicted octanol–water partition coefficient (Wildman–Crippen LogP) is 0.965. The van der Waals surface area contributed by atoms with E-state index >= 15 is 0 Å². The van der Waals surface area contributed by atoms with E-state index in [4.69, 9.17) is 0 Å². The Labute approximate surface area is 87.3 Å². The van der Waals surface area contributed by atoms with E-state index < -0.39 is 0 Å². The maximum absolute atomic E-state index is 3.53. The van der Waals surface area contributed by atoms with Gasteiger partial charge < -0.3 is 0 Å². The van der Waals surface area contributed by atoms with Gasteiger partial charge in [-0.05, 0) is 0 Å². The Balaban J connectivity index is 2.80. The summed E-state index contributed by atoms with van der Waals surface area (Å²) in [7, 11) is 0. The van der Waals surface area contributed by atoms with Crippen LogP contribution in [-0.4, -0.2) is 27.2 Å². The zero-order valence-corrected chi connectivity index (χ0v) is 12.4. The Morgan fingerprint density at radius 1 is 0.800 bits per heavy atom. The van der Waals surface area contributed by atoms with Crippen LogP contribution in [0.2, 0.25) is 0 Å². The van der Waals surface area contributed by atoms with Gasteiger partial charge in [0, 0.05) is 0 Å². The summed E-state index contributed by atoms with van der Waals surface area (Å²) < 4.78 is 2.94. The average Bonchev–Trinajstić information content (AvgIpc) is 2.05. The molecule has 50 valence electrons. The van der Waals surface area contributed by atoms with Gasteiger partial charge in [0.1, 0.15) is 0 Å². The second-order valence-electron chi connectivity index (χ2n) is 1.77. The molecule has 1 aromatic carbocycles. The van der Waals surface area contributed by atoms with E-state index in [0.29, 0.717) is 0 Å². The van der Waals surface area contributed by atoms with Crippen molar-refractivity contribution in [2.24, 2.45) is 0 Å². The van der Waals surface area contributed by atoms with E-state index in [9.17, 15) is 0 Å². The monoisotopic (exact) mass is 382 g/mol. The first-order valence-corrected chi connectivity index (χ1v) is 14.6. The number of hydrogen-bond donors (Lipinski definition) is 0. The molecule has 0 unspecified atom stereocenters. The van der Waals surface area contributed by atoms with Crippen LogP contribution in [0, 0.1) is 0 Å². The fourth-order valence-electron chi connectivity index (χ4n) is 0.596. The number of halogens is 2. The molecule has 0 fully saturated rings. The van der Waals surface area contributed by atoms with Gasteiger partial charge in [-0.2, -0.15) is 0 Å². The summed E-state index contributed by atoms with van der Waals surface area (Å²) in [5.74, 6) is 0. The second-order valence-corrected chi connectivity index (χ2v) is 9.10. The van der Waals surface area contributed by atoms with Crippen LogP contribution in [0.15, 0.2) is 24.3 Å². The van der Waals surface area contributed by atoms with Crippen molar-refractivity contribution in [3.8, 4) is 0 Å². The Bertz CT molecular complexity index is 174. The molecule has 0 nitrogen and oxygen atoms in total. The van der Waals surface area contributed by atoms with Crippen molar-refractivity contribution >= 4 is 64.0 Å². The van der Waals surface area contributed by atoms with Gasteiger partial charge in [0.2, 0.25) is 0 Å². The van der Waals surface area contributed by atoms with Gasteiger partial charge in [-0.3, -0.25) is 0 Å². The van der Waals surface area contributed by atoms with E-state index in [0.717, 1.165) is 0 Å². The molecule has 0 aliphatic carbocycles. The van der Waals surface area contributed by atoms with Crippen LogP contribution in [0.1, 0.15) is 0 Å². The number of hydrogen-bond acceptors (Lipinski definition) is 0. The molecule has 0 bridgehead atoms. The molecule has 0 saturated heterocycles. The summed E-state index contributed by atoms with van der Waals surface area (Å²) in [5.41, 5.74) is 0. The molecular weight excluding hydrogens is 377 g/mol. The van der Waals surface area contributed by atoms with E-state index in [2.05, 4.69) is 52.3 Å². The van der Waals surface area contributed by atoms with E-state index in [1.165, 1.54) is 8.79 Å². The summed E-state index contributed by atoms with van der Waals surface area (Å²) in [5, 5.41) is 0. The topological polar surface area (TPSA) is 0 Å². The quantitative estimate of drug-likeness (QED) is 0.670. The average molecular weight is 381 g/mol. The molecule has 1 aromatic rings. The van der Waals surface area contributed by atoms with E-state index in [1.807, 2.05) is 0 Å². The molecule has 10 heavy (non-hydrogen) atoms. The molecule has 0 saturated carbocycles. The Hall–Kier alpha value is 1.27. The van der Waals surface area contributed by atoms with Gasteiger partial charge in [0.05, 0.1) is 0 Å². The molecule has 4 heteroatoms. The third-order valence-corrected chi connectivity index (χ3v) is 8.18. The number of rotatable bonds is 2. The molecule has 0 N–H and O–H groups in total. The summed E-state index contributed by atoms with van der Waals surface area (Å²) in [6.45, 7) is 0. The van der Waals surface area contributed by atoms with Crippen LogP contribution in [0.5, 0.6) is 0 Å². The molecule has 0 heterocycles. The van der Waals surface area contributed by atoms with Crippen molar-refractivity contribution < 1.29 is 0 Å². The van der Waals surface area contributed by atoms with Crippen LogP contribution in [0.3, 0.4) is 0 Å². The predicted molar refractivity (Wildman–Crippen MR) is 55.1 cm³/mol. The van der Waals surface area contributed by atoms with E-state index in [1.54, 1.807) is 0 Å². The van der Waals surface area contributed by atoms with Crippen LogP contribution in [0.4, 0.5) is 0 Å². The minimum atomic E-state index is -0.0138. The van der Waals surface area contributed by atoms with Crippen LogP contribution >= 0.6 is 28.0 Å². The van der Waals surface area contributed by atoms with Crippen molar-refractivity contribution in [1.29, 1.82) is 0 Å².